The minimum absolute atomic E-state index is 0.534. The van der Waals surface area contributed by atoms with Crippen LogP contribution in [0.3, 0.4) is 0 Å². The quantitative estimate of drug-likeness (QED) is 0.201. The average molecular weight is 556 g/mol. The van der Waals surface area contributed by atoms with Gasteiger partial charge in [-0.15, -0.1) is 0 Å². The maximum Gasteiger partial charge on any atom is 0.231 e. The zero-order valence-electron chi connectivity index (χ0n) is 21.7. The molecule has 194 valence electrons. The van der Waals surface area contributed by atoms with Crippen molar-refractivity contribution >= 4 is 49.3 Å². The molecule has 1 aromatic heterocycles. The second kappa shape index (κ2) is 12.6. The summed E-state index contributed by atoms with van der Waals surface area (Å²) in [5.41, 5.74) is 0.934. The molecule has 0 saturated carbocycles. The number of benzene rings is 5. The Morgan fingerprint density at radius 2 is 0.650 bits per heavy atom. The standard InChI is InChI=1S/C33H27N5P2/c1-6-16-26(17-7-1)31-34-32(37-39(27-18-8-2-9-19-27)28-20-10-3-11-21-28)36-33(35-31)38-40(29-22-12-4-13-23-29)30-24-14-5-15-25-30/h1-25H,(H2,34,35,36,37,38). The lowest BCUT2D eigenvalue weighted by Crippen LogP contribution is -2.20. The van der Waals surface area contributed by atoms with Crippen LogP contribution in [0.25, 0.3) is 11.4 Å². The molecule has 2 N–H and O–H groups in total. The largest absolute Gasteiger partial charge is 0.325 e. The van der Waals surface area contributed by atoms with E-state index in [0.717, 1.165) is 5.56 Å². The summed E-state index contributed by atoms with van der Waals surface area (Å²) >= 11 is 0. The van der Waals surface area contributed by atoms with Crippen molar-refractivity contribution in [1.29, 1.82) is 0 Å². The zero-order valence-corrected chi connectivity index (χ0v) is 23.5. The van der Waals surface area contributed by atoms with Gasteiger partial charge in [0, 0.05) is 26.8 Å². The molecule has 5 nitrogen and oxygen atoms in total. The Hall–Kier alpha value is -4.43. The molecule has 5 aromatic carbocycles. The monoisotopic (exact) mass is 555 g/mol. The van der Waals surface area contributed by atoms with Crippen LogP contribution < -0.4 is 31.4 Å². The van der Waals surface area contributed by atoms with Crippen molar-refractivity contribution in [3.8, 4) is 11.4 Å². The summed E-state index contributed by atoms with van der Waals surface area (Å²) in [5.74, 6) is 1.69. The summed E-state index contributed by atoms with van der Waals surface area (Å²) in [7, 11) is -1.91. The average Bonchev–Trinajstić information content (AvgIpc) is 3.04. The van der Waals surface area contributed by atoms with Crippen molar-refractivity contribution in [2.45, 2.75) is 0 Å². The summed E-state index contributed by atoms with van der Waals surface area (Å²) < 4.78 is 0. The minimum Gasteiger partial charge on any atom is -0.325 e. The second-order valence-electron chi connectivity index (χ2n) is 8.91. The predicted octanol–water partition coefficient (Wildman–Crippen LogP) is 6.46. The van der Waals surface area contributed by atoms with Gasteiger partial charge >= 0.3 is 0 Å². The first-order valence-electron chi connectivity index (χ1n) is 13.0. The highest BCUT2D eigenvalue weighted by Crippen LogP contribution is 2.36. The Balaban J connectivity index is 1.43. The fraction of sp³-hybridized carbons (Fsp3) is 0. The summed E-state index contributed by atoms with van der Waals surface area (Å²) in [6, 6.07) is 51.9. The lowest BCUT2D eigenvalue weighted by atomic mass is 10.2. The number of hydrogen-bond donors (Lipinski definition) is 2. The molecule has 0 unspecified atom stereocenters. The molecule has 0 amide bonds. The Bertz CT molecular complexity index is 1460. The van der Waals surface area contributed by atoms with E-state index in [1.54, 1.807) is 0 Å². The van der Waals surface area contributed by atoms with Crippen LogP contribution in [-0.2, 0) is 0 Å². The molecule has 0 spiro atoms. The Kier molecular flexibility index (Phi) is 8.15. The molecular weight excluding hydrogens is 528 g/mol. The Morgan fingerprint density at radius 3 is 0.975 bits per heavy atom. The van der Waals surface area contributed by atoms with Crippen molar-refractivity contribution in [2.75, 3.05) is 10.2 Å². The molecule has 0 saturated heterocycles. The third kappa shape index (κ3) is 6.24. The van der Waals surface area contributed by atoms with E-state index in [4.69, 9.17) is 15.0 Å². The van der Waals surface area contributed by atoms with Gasteiger partial charge in [-0.05, 0) is 0 Å². The van der Waals surface area contributed by atoms with E-state index in [-0.39, 0.29) is 0 Å². The maximum atomic E-state index is 4.93. The summed E-state index contributed by atoms with van der Waals surface area (Å²) in [6.07, 6.45) is 0. The van der Waals surface area contributed by atoms with Gasteiger partial charge in [0.2, 0.25) is 11.9 Å². The summed E-state index contributed by atoms with van der Waals surface area (Å²) in [6.45, 7) is 0. The topological polar surface area (TPSA) is 62.7 Å². The zero-order chi connectivity index (χ0) is 27.0. The Labute approximate surface area is 237 Å². The fourth-order valence-electron chi connectivity index (χ4n) is 4.26. The molecule has 1 heterocycles. The number of nitrogens with zero attached hydrogens (tertiary/aromatic N) is 3. The second-order valence-corrected chi connectivity index (χ2v) is 12.8. The molecule has 0 aliphatic rings. The van der Waals surface area contributed by atoms with E-state index in [1.807, 2.05) is 54.6 Å². The number of anilines is 2. The van der Waals surface area contributed by atoms with E-state index in [1.165, 1.54) is 21.2 Å². The highest BCUT2D eigenvalue weighted by atomic mass is 31.1. The number of nitrogens with one attached hydrogen (secondary N) is 2. The SMILES string of the molecule is c1ccc(-c2nc(NP(c3ccccc3)c3ccccc3)nc(NP(c3ccccc3)c3ccccc3)n2)cc1. The first-order chi connectivity index (χ1) is 19.8. The third-order valence-corrected chi connectivity index (χ3v) is 10.3. The molecule has 40 heavy (non-hydrogen) atoms. The van der Waals surface area contributed by atoms with Gasteiger partial charge in [-0.2, -0.15) is 15.0 Å². The highest BCUT2D eigenvalue weighted by molar-refractivity contribution is 7.74. The molecule has 0 radical (unpaired) electrons. The van der Waals surface area contributed by atoms with E-state index in [2.05, 4.69) is 107 Å². The van der Waals surface area contributed by atoms with Crippen LogP contribution >= 0.6 is 16.1 Å². The van der Waals surface area contributed by atoms with Gasteiger partial charge in [-0.3, -0.25) is 0 Å². The molecule has 0 atom stereocenters. The summed E-state index contributed by atoms with van der Waals surface area (Å²) in [4.78, 5) is 14.7. The highest BCUT2D eigenvalue weighted by Gasteiger charge is 2.20. The van der Waals surface area contributed by atoms with Gasteiger partial charge in [0.05, 0.1) is 16.1 Å². The van der Waals surface area contributed by atoms with Crippen LogP contribution in [0.4, 0.5) is 11.9 Å². The van der Waals surface area contributed by atoms with E-state index >= 15 is 0 Å². The van der Waals surface area contributed by atoms with Gasteiger partial charge < -0.3 is 10.2 Å². The van der Waals surface area contributed by atoms with E-state index < -0.39 is 16.1 Å². The van der Waals surface area contributed by atoms with Crippen LogP contribution in [0, 0.1) is 0 Å². The fourth-order valence-corrected chi connectivity index (χ4v) is 7.85. The lowest BCUT2D eigenvalue weighted by molar-refractivity contribution is 1.08. The van der Waals surface area contributed by atoms with Gasteiger partial charge in [0.15, 0.2) is 5.82 Å². The van der Waals surface area contributed by atoms with Gasteiger partial charge in [-0.25, -0.2) is 0 Å². The summed E-state index contributed by atoms with van der Waals surface area (Å²) in [5, 5.41) is 12.1. The molecule has 0 aliphatic carbocycles. The molecule has 0 bridgehead atoms. The van der Waals surface area contributed by atoms with Gasteiger partial charge in [-0.1, -0.05) is 152 Å². The van der Waals surface area contributed by atoms with Crippen molar-refractivity contribution in [3.63, 3.8) is 0 Å². The third-order valence-electron chi connectivity index (χ3n) is 6.15. The first-order valence-corrected chi connectivity index (χ1v) is 15.7. The van der Waals surface area contributed by atoms with Gasteiger partial charge in [0.1, 0.15) is 0 Å². The van der Waals surface area contributed by atoms with Gasteiger partial charge in [0.25, 0.3) is 0 Å². The van der Waals surface area contributed by atoms with Crippen LogP contribution in [0.2, 0.25) is 0 Å². The van der Waals surface area contributed by atoms with Crippen LogP contribution in [0.5, 0.6) is 0 Å². The minimum atomic E-state index is -0.954. The normalized spacial score (nSPS) is 10.9. The molecule has 0 fully saturated rings. The Morgan fingerprint density at radius 1 is 0.350 bits per heavy atom. The number of rotatable bonds is 9. The van der Waals surface area contributed by atoms with Crippen LogP contribution in [-0.4, -0.2) is 15.0 Å². The smallest absolute Gasteiger partial charge is 0.231 e. The molecule has 6 aromatic rings. The van der Waals surface area contributed by atoms with E-state index in [9.17, 15) is 0 Å². The number of hydrogen-bond acceptors (Lipinski definition) is 5. The van der Waals surface area contributed by atoms with Crippen molar-refractivity contribution < 1.29 is 0 Å². The molecule has 6 rings (SSSR count). The lowest BCUT2D eigenvalue weighted by Gasteiger charge is -2.22. The van der Waals surface area contributed by atoms with Crippen molar-refractivity contribution in [3.05, 3.63) is 152 Å². The van der Waals surface area contributed by atoms with Crippen molar-refractivity contribution in [2.24, 2.45) is 0 Å². The van der Waals surface area contributed by atoms with Crippen LogP contribution in [0.1, 0.15) is 0 Å². The molecule has 7 heteroatoms. The molecule has 0 aliphatic heterocycles. The van der Waals surface area contributed by atoms with Crippen molar-refractivity contribution in [1.82, 2.24) is 15.0 Å². The number of aromatic nitrogens is 3. The molecular formula is C33H27N5P2. The maximum absolute atomic E-state index is 4.93. The van der Waals surface area contributed by atoms with Crippen LogP contribution in [0.15, 0.2) is 152 Å². The predicted molar refractivity (Wildman–Crippen MR) is 171 cm³/mol. The first kappa shape index (κ1) is 25.8. The van der Waals surface area contributed by atoms with E-state index in [0.29, 0.717) is 17.7 Å².